The number of carbonyl (C=O) groups is 2. The van der Waals surface area contributed by atoms with Crippen molar-refractivity contribution in [3.8, 4) is 0 Å². The molecule has 0 spiro atoms. The van der Waals surface area contributed by atoms with Crippen molar-refractivity contribution in [3.05, 3.63) is 58.7 Å². The van der Waals surface area contributed by atoms with Crippen LogP contribution in [0.5, 0.6) is 0 Å². The first-order valence-corrected chi connectivity index (χ1v) is 8.00. The van der Waals surface area contributed by atoms with E-state index in [1.54, 1.807) is 18.3 Å². The van der Waals surface area contributed by atoms with Gasteiger partial charge in [-0.2, -0.15) is 0 Å². The van der Waals surface area contributed by atoms with Crippen LogP contribution in [-0.2, 0) is 6.54 Å². The quantitative estimate of drug-likeness (QED) is 0.726. The Kier molecular flexibility index (Phi) is 3.50. The van der Waals surface area contributed by atoms with E-state index in [9.17, 15) is 9.59 Å². The molecule has 2 aromatic heterocycles. The van der Waals surface area contributed by atoms with Gasteiger partial charge in [-0.3, -0.25) is 24.5 Å². The van der Waals surface area contributed by atoms with Crippen molar-refractivity contribution < 1.29 is 9.59 Å². The smallest absolute Gasteiger partial charge is 0.231 e. The average molecular weight is 307 g/mol. The molecule has 0 aromatic carbocycles. The molecule has 1 aliphatic carbocycles. The summed E-state index contributed by atoms with van der Waals surface area (Å²) < 4.78 is 0. The van der Waals surface area contributed by atoms with Gasteiger partial charge in [0.05, 0.1) is 11.1 Å². The number of hydrogen-bond donors (Lipinski definition) is 0. The highest BCUT2D eigenvalue weighted by atomic mass is 16.1. The Labute approximate surface area is 134 Å². The van der Waals surface area contributed by atoms with E-state index in [1.165, 1.54) is 25.5 Å². The minimum atomic E-state index is -0.264. The second-order valence-electron chi connectivity index (χ2n) is 6.13. The van der Waals surface area contributed by atoms with E-state index in [0.29, 0.717) is 11.1 Å². The number of hydrogen-bond acceptors (Lipinski definition) is 5. The Balaban J connectivity index is 1.68. The number of likely N-dealkylation sites (tertiary alicyclic amines) is 1. The number of ketones is 2. The summed E-state index contributed by atoms with van der Waals surface area (Å²) in [6.07, 6.45) is 6.96. The Morgan fingerprint density at radius 1 is 0.957 bits per heavy atom. The summed E-state index contributed by atoms with van der Waals surface area (Å²) in [5, 5.41) is 0. The van der Waals surface area contributed by atoms with Gasteiger partial charge in [-0.15, -0.1) is 0 Å². The molecule has 0 atom stereocenters. The zero-order chi connectivity index (χ0) is 15.8. The number of fused-ring (bicyclic) bond motifs is 2. The van der Waals surface area contributed by atoms with E-state index < -0.39 is 0 Å². The fraction of sp³-hybridized carbons (Fsp3) is 0.333. The van der Waals surface area contributed by atoms with Crippen LogP contribution in [0.1, 0.15) is 56.9 Å². The predicted molar refractivity (Wildman–Crippen MR) is 84.5 cm³/mol. The molecule has 5 heteroatoms. The maximum atomic E-state index is 12.7. The van der Waals surface area contributed by atoms with Crippen LogP contribution in [-0.4, -0.2) is 39.5 Å². The first-order chi connectivity index (χ1) is 11.2. The molecule has 0 unspecified atom stereocenters. The Morgan fingerprint density at radius 2 is 1.74 bits per heavy atom. The summed E-state index contributed by atoms with van der Waals surface area (Å²) in [4.78, 5) is 35.8. The molecule has 0 N–H and O–H groups in total. The van der Waals surface area contributed by atoms with Crippen molar-refractivity contribution in [2.24, 2.45) is 0 Å². The van der Waals surface area contributed by atoms with Crippen molar-refractivity contribution in [1.29, 1.82) is 0 Å². The molecule has 1 fully saturated rings. The molecule has 0 saturated carbocycles. The fourth-order valence-electron chi connectivity index (χ4n) is 3.35. The minimum Gasteiger partial charge on any atom is -0.299 e. The second-order valence-corrected chi connectivity index (χ2v) is 6.13. The highest BCUT2D eigenvalue weighted by Crippen LogP contribution is 2.25. The number of aromatic nitrogens is 2. The van der Waals surface area contributed by atoms with Crippen molar-refractivity contribution in [2.45, 2.75) is 25.8 Å². The standard InChI is InChI=1S/C18H17N3O2/c22-17-13-5-4-6-19-15(13)18(23)16-14(17)9-12(10-20-16)11-21-7-2-1-3-8-21/h4-6,9-10H,1-3,7-8,11H2. The van der Waals surface area contributed by atoms with Crippen LogP contribution in [0.25, 0.3) is 0 Å². The van der Waals surface area contributed by atoms with Crippen LogP contribution in [0, 0.1) is 0 Å². The predicted octanol–water partition coefficient (Wildman–Crippen LogP) is 2.24. The van der Waals surface area contributed by atoms with Gasteiger partial charge in [0, 0.05) is 18.9 Å². The van der Waals surface area contributed by atoms with E-state index in [0.717, 1.165) is 25.2 Å². The maximum Gasteiger partial charge on any atom is 0.231 e. The molecule has 23 heavy (non-hydrogen) atoms. The SMILES string of the molecule is O=C1c2cccnc2C(=O)c2ncc(CN3CCCCC3)cc21. The normalized spacial score (nSPS) is 17.7. The molecule has 1 saturated heterocycles. The zero-order valence-electron chi connectivity index (χ0n) is 12.8. The summed E-state index contributed by atoms with van der Waals surface area (Å²) in [5.41, 5.74) is 2.20. The highest BCUT2D eigenvalue weighted by Gasteiger charge is 2.32. The summed E-state index contributed by atoms with van der Waals surface area (Å²) in [6.45, 7) is 2.94. The van der Waals surface area contributed by atoms with Gasteiger partial charge in [-0.25, -0.2) is 0 Å². The number of pyridine rings is 2. The van der Waals surface area contributed by atoms with Crippen LogP contribution < -0.4 is 0 Å². The first kappa shape index (κ1) is 14.2. The van der Waals surface area contributed by atoms with Gasteiger partial charge >= 0.3 is 0 Å². The monoisotopic (exact) mass is 307 g/mol. The topological polar surface area (TPSA) is 63.2 Å². The van der Waals surface area contributed by atoms with Crippen LogP contribution in [0.2, 0.25) is 0 Å². The van der Waals surface area contributed by atoms with Crippen LogP contribution >= 0.6 is 0 Å². The lowest BCUT2D eigenvalue weighted by molar-refractivity contribution is 0.0971. The van der Waals surface area contributed by atoms with Crippen molar-refractivity contribution in [3.63, 3.8) is 0 Å². The molecule has 0 radical (unpaired) electrons. The highest BCUT2D eigenvalue weighted by molar-refractivity contribution is 6.26. The van der Waals surface area contributed by atoms with Gasteiger partial charge in [-0.1, -0.05) is 6.42 Å². The van der Waals surface area contributed by atoms with E-state index in [1.807, 2.05) is 6.07 Å². The Bertz CT molecular complexity index is 795. The number of carbonyl (C=O) groups excluding carboxylic acids is 2. The summed E-state index contributed by atoms with van der Waals surface area (Å²) >= 11 is 0. The molecule has 116 valence electrons. The molecular weight excluding hydrogens is 290 g/mol. The fourth-order valence-corrected chi connectivity index (χ4v) is 3.35. The summed E-state index contributed by atoms with van der Waals surface area (Å²) in [6, 6.07) is 5.16. The van der Waals surface area contributed by atoms with Gasteiger partial charge < -0.3 is 0 Å². The van der Waals surface area contributed by atoms with E-state index in [-0.39, 0.29) is 23.0 Å². The Hall–Kier alpha value is -2.40. The second kappa shape index (κ2) is 5.66. The van der Waals surface area contributed by atoms with Crippen LogP contribution in [0.15, 0.2) is 30.6 Å². The maximum absolute atomic E-state index is 12.7. The summed E-state index contributed by atoms with van der Waals surface area (Å²) in [7, 11) is 0. The number of piperidine rings is 1. The van der Waals surface area contributed by atoms with E-state index >= 15 is 0 Å². The molecule has 2 aliphatic rings. The number of nitrogens with zero attached hydrogens (tertiary/aromatic N) is 3. The molecular formula is C18H17N3O2. The molecule has 4 rings (SSSR count). The van der Waals surface area contributed by atoms with Crippen LogP contribution in [0.3, 0.4) is 0 Å². The van der Waals surface area contributed by atoms with Gasteiger partial charge in [0.15, 0.2) is 5.78 Å². The molecule has 3 heterocycles. The first-order valence-electron chi connectivity index (χ1n) is 8.00. The lowest BCUT2D eigenvalue weighted by Gasteiger charge is -2.26. The third-order valence-corrected chi connectivity index (χ3v) is 4.53. The van der Waals surface area contributed by atoms with Crippen molar-refractivity contribution in [1.82, 2.24) is 14.9 Å². The number of rotatable bonds is 2. The van der Waals surface area contributed by atoms with Gasteiger partial charge in [0.2, 0.25) is 5.78 Å². The molecule has 2 aromatic rings. The average Bonchev–Trinajstić information content (AvgIpc) is 2.60. The third-order valence-electron chi connectivity index (χ3n) is 4.53. The zero-order valence-corrected chi connectivity index (χ0v) is 12.8. The summed E-state index contributed by atoms with van der Waals surface area (Å²) in [5.74, 6) is -0.421. The van der Waals surface area contributed by atoms with Crippen LogP contribution in [0.4, 0.5) is 0 Å². The largest absolute Gasteiger partial charge is 0.299 e. The van der Waals surface area contributed by atoms with Gasteiger partial charge in [0.25, 0.3) is 0 Å². The Morgan fingerprint density at radius 3 is 2.57 bits per heavy atom. The molecule has 0 amide bonds. The lowest BCUT2D eigenvalue weighted by Crippen LogP contribution is -2.30. The van der Waals surface area contributed by atoms with E-state index in [2.05, 4.69) is 14.9 Å². The molecule has 5 nitrogen and oxygen atoms in total. The minimum absolute atomic E-state index is 0.157. The van der Waals surface area contributed by atoms with Gasteiger partial charge in [0.1, 0.15) is 11.4 Å². The third kappa shape index (κ3) is 2.47. The molecule has 0 bridgehead atoms. The van der Waals surface area contributed by atoms with Gasteiger partial charge in [-0.05, 0) is 49.7 Å². The van der Waals surface area contributed by atoms with E-state index in [4.69, 9.17) is 0 Å². The molecule has 1 aliphatic heterocycles. The van der Waals surface area contributed by atoms with Crippen molar-refractivity contribution >= 4 is 11.6 Å². The lowest BCUT2D eigenvalue weighted by atomic mass is 9.89. The van der Waals surface area contributed by atoms with Crippen molar-refractivity contribution in [2.75, 3.05) is 13.1 Å².